The SMILES string of the molecule is CC1CC1CN(C)c1ncnc(Cl)c1[N+](=O)[O-]. The fourth-order valence-corrected chi connectivity index (χ4v) is 2.07. The summed E-state index contributed by atoms with van der Waals surface area (Å²) in [6, 6.07) is 0. The van der Waals surface area contributed by atoms with E-state index in [-0.39, 0.29) is 16.7 Å². The van der Waals surface area contributed by atoms with E-state index in [9.17, 15) is 10.1 Å². The van der Waals surface area contributed by atoms with Crippen LogP contribution >= 0.6 is 11.6 Å². The molecule has 0 aliphatic heterocycles. The third kappa shape index (κ3) is 2.46. The van der Waals surface area contributed by atoms with Gasteiger partial charge in [-0.2, -0.15) is 0 Å². The lowest BCUT2D eigenvalue weighted by atomic mass is 10.3. The van der Waals surface area contributed by atoms with Gasteiger partial charge in [0.25, 0.3) is 0 Å². The Morgan fingerprint density at radius 1 is 1.65 bits per heavy atom. The second-order valence-electron chi connectivity index (χ2n) is 4.45. The van der Waals surface area contributed by atoms with Gasteiger partial charge in [-0.1, -0.05) is 18.5 Å². The van der Waals surface area contributed by atoms with Gasteiger partial charge in [0.15, 0.2) is 0 Å². The number of aromatic nitrogens is 2. The van der Waals surface area contributed by atoms with Crippen LogP contribution in [0.4, 0.5) is 11.5 Å². The first-order valence-corrected chi connectivity index (χ1v) is 5.74. The molecular formula is C10H13ClN4O2. The molecule has 1 aliphatic rings. The Kier molecular flexibility index (Phi) is 3.15. The zero-order valence-electron chi connectivity index (χ0n) is 9.63. The smallest absolute Gasteiger partial charge is 0.348 e. The van der Waals surface area contributed by atoms with E-state index in [1.807, 2.05) is 0 Å². The Hall–Kier alpha value is -1.43. The molecule has 0 spiro atoms. The van der Waals surface area contributed by atoms with E-state index >= 15 is 0 Å². The highest BCUT2D eigenvalue weighted by molar-refractivity contribution is 6.31. The Morgan fingerprint density at radius 2 is 2.29 bits per heavy atom. The molecule has 7 heteroatoms. The van der Waals surface area contributed by atoms with Crippen molar-refractivity contribution in [1.29, 1.82) is 0 Å². The van der Waals surface area contributed by atoms with Gasteiger partial charge in [0.05, 0.1) is 4.92 Å². The lowest BCUT2D eigenvalue weighted by Gasteiger charge is -2.17. The van der Waals surface area contributed by atoms with Crippen LogP contribution in [0.3, 0.4) is 0 Å². The summed E-state index contributed by atoms with van der Waals surface area (Å²) < 4.78 is 0. The summed E-state index contributed by atoms with van der Waals surface area (Å²) in [6.45, 7) is 2.93. The molecule has 17 heavy (non-hydrogen) atoms. The summed E-state index contributed by atoms with van der Waals surface area (Å²) in [5.41, 5.74) is -0.218. The molecule has 1 aromatic rings. The van der Waals surface area contributed by atoms with Crippen molar-refractivity contribution in [1.82, 2.24) is 9.97 Å². The summed E-state index contributed by atoms with van der Waals surface area (Å²) in [5.74, 6) is 1.57. The standard InChI is InChI=1S/C10H13ClN4O2/c1-6-3-7(6)4-14(2)10-8(15(16)17)9(11)12-5-13-10/h5-7H,3-4H2,1-2H3. The minimum absolute atomic E-state index is 0.115. The Balaban J connectivity index is 2.24. The zero-order chi connectivity index (χ0) is 12.6. The first-order valence-electron chi connectivity index (χ1n) is 5.36. The van der Waals surface area contributed by atoms with Crippen LogP contribution in [0.2, 0.25) is 5.15 Å². The van der Waals surface area contributed by atoms with E-state index in [4.69, 9.17) is 11.6 Å². The van der Waals surface area contributed by atoms with Gasteiger partial charge in [-0.3, -0.25) is 10.1 Å². The number of rotatable bonds is 4. The predicted octanol–water partition coefficient (Wildman–Crippen LogP) is 2.13. The number of anilines is 1. The maximum atomic E-state index is 10.9. The fraction of sp³-hybridized carbons (Fsp3) is 0.600. The number of nitro groups is 1. The number of hydrogen-bond acceptors (Lipinski definition) is 5. The zero-order valence-corrected chi connectivity index (χ0v) is 10.4. The van der Waals surface area contributed by atoms with Gasteiger partial charge in [-0.15, -0.1) is 0 Å². The molecule has 1 heterocycles. The van der Waals surface area contributed by atoms with Crippen LogP contribution in [0.15, 0.2) is 6.33 Å². The van der Waals surface area contributed by atoms with Gasteiger partial charge in [-0.25, -0.2) is 9.97 Å². The lowest BCUT2D eigenvalue weighted by molar-refractivity contribution is -0.384. The maximum Gasteiger partial charge on any atom is 0.348 e. The maximum absolute atomic E-state index is 10.9. The Bertz CT molecular complexity index is 454. The molecule has 6 nitrogen and oxygen atoms in total. The largest absolute Gasteiger partial charge is 0.354 e. The molecule has 1 saturated carbocycles. The van der Waals surface area contributed by atoms with Crippen LogP contribution in [-0.4, -0.2) is 28.5 Å². The molecule has 1 fully saturated rings. The highest BCUT2D eigenvalue weighted by Crippen LogP contribution is 2.40. The lowest BCUT2D eigenvalue weighted by Crippen LogP contribution is -2.23. The summed E-state index contributed by atoms with van der Waals surface area (Å²) in [5, 5.41) is 10.8. The minimum Gasteiger partial charge on any atom is -0.354 e. The molecule has 2 unspecified atom stereocenters. The quantitative estimate of drug-likeness (QED) is 0.469. The van der Waals surface area contributed by atoms with Gasteiger partial charge in [0, 0.05) is 13.6 Å². The summed E-state index contributed by atoms with van der Waals surface area (Å²) in [4.78, 5) is 19.8. The van der Waals surface area contributed by atoms with E-state index < -0.39 is 4.92 Å². The first-order chi connectivity index (χ1) is 8.00. The highest BCUT2D eigenvalue weighted by Gasteiger charge is 2.35. The van der Waals surface area contributed by atoms with Crippen molar-refractivity contribution in [3.8, 4) is 0 Å². The van der Waals surface area contributed by atoms with Crippen LogP contribution in [0.1, 0.15) is 13.3 Å². The monoisotopic (exact) mass is 256 g/mol. The van der Waals surface area contributed by atoms with Crippen LogP contribution in [-0.2, 0) is 0 Å². The summed E-state index contributed by atoms with van der Waals surface area (Å²) >= 11 is 5.73. The molecule has 0 N–H and O–H groups in total. The second-order valence-corrected chi connectivity index (χ2v) is 4.81. The van der Waals surface area contributed by atoms with E-state index in [2.05, 4.69) is 16.9 Å². The molecule has 2 rings (SSSR count). The average Bonchev–Trinajstić information content (AvgIpc) is 2.93. The van der Waals surface area contributed by atoms with Crippen molar-refractivity contribution < 1.29 is 4.92 Å². The van der Waals surface area contributed by atoms with Crippen LogP contribution in [0.5, 0.6) is 0 Å². The third-order valence-electron chi connectivity index (χ3n) is 3.09. The van der Waals surface area contributed by atoms with Gasteiger partial charge in [-0.05, 0) is 18.3 Å². The highest BCUT2D eigenvalue weighted by atomic mass is 35.5. The fourth-order valence-electron chi connectivity index (χ4n) is 1.88. The number of nitrogens with zero attached hydrogens (tertiary/aromatic N) is 4. The molecule has 92 valence electrons. The molecule has 1 aliphatic carbocycles. The van der Waals surface area contributed by atoms with E-state index in [1.165, 1.54) is 6.33 Å². The van der Waals surface area contributed by atoms with Crippen LogP contribution < -0.4 is 4.90 Å². The van der Waals surface area contributed by atoms with E-state index in [0.717, 1.165) is 13.0 Å². The van der Waals surface area contributed by atoms with Crippen molar-refractivity contribution in [3.63, 3.8) is 0 Å². The Labute approximate surface area is 104 Å². The van der Waals surface area contributed by atoms with Crippen molar-refractivity contribution in [2.75, 3.05) is 18.5 Å². The number of halogens is 1. The predicted molar refractivity (Wildman–Crippen MR) is 64.2 cm³/mol. The minimum atomic E-state index is -0.537. The molecule has 2 atom stereocenters. The average molecular weight is 257 g/mol. The van der Waals surface area contributed by atoms with Crippen molar-refractivity contribution in [2.45, 2.75) is 13.3 Å². The third-order valence-corrected chi connectivity index (χ3v) is 3.36. The van der Waals surface area contributed by atoms with Gasteiger partial charge in [0.1, 0.15) is 6.33 Å². The second kappa shape index (κ2) is 4.44. The topological polar surface area (TPSA) is 72.2 Å². The molecule has 0 radical (unpaired) electrons. The van der Waals surface area contributed by atoms with E-state index in [1.54, 1.807) is 11.9 Å². The molecule has 1 aromatic heterocycles. The normalized spacial score (nSPS) is 22.3. The van der Waals surface area contributed by atoms with Crippen molar-refractivity contribution in [3.05, 3.63) is 21.6 Å². The van der Waals surface area contributed by atoms with Gasteiger partial charge < -0.3 is 4.90 Å². The van der Waals surface area contributed by atoms with Crippen LogP contribution in [0, 0.1) is 22.0 Å². The van der Waals surface area contributed by atoms with Gasteiger partial charge >= 0.3 is 5.69 Å². The molecule has 0 amide bonds. The van der Waals surface area contributed by atoms with Crippen molar-refractivity contribution in [2.24, 2.45) is 11.8 Å². The summed E-state index contributed by atoms with van der Waals surface area (Å²) in [6.07, 6.45) is 2.41. The first kappa shape index (κ1) is 12.0. The summed E-state index contributed by atoms with van der Waals surface area (Å²) in [7, 11) is 1.79. The molecule has 0 saturated heterocycles. The molecule has 0 bridgehead atoms. The Morgan fingerprint density at radius 3 is 2.82 bits per heavy atom. The molecule has 0 aromatic carbocycles. The van der Waals surface area contributed by atoms with Crippen molar-refractivity contribution >= 4 is 23.1 Å². The van der Waals surface area contributed by atoms with E-state index in [0.29, 0.717) is 11.8 Å². The van der Waals surface area contributed by atoms with Gasteiger partial charge in [0.2, 0.25) is 11.0 Å². The van der Waals surface area contributed by atoms with Crippen LogP contribution in [0.25, 0.3) is 0 Å². The molecular weight excluding hydrogens is 244 g/mol. The number of hydrogen-bond donors (Lipinski definition) is 0.